The van der Waals surface area contributed by atoms with E-state index in [1.807, 2.05) is 0 Å². The monoisotopic (exact) mass is 263 g/mol. The third kappa shape index (κ3) is 5.32. The fourth-order valence-corrected chi connectivity index (χ4v) is 2.26. The molecule has 1 aliphatic heterocycles. The van der Waals surface area contributed by atoms with Crippen LogP contribution in [0.3, 0.4) is 0 Å². The van der Waals surface area contributed by atoms with Crippen LogP contribution >= 0.6 is 15.9 Å². The van der Waals surface area contributed by atoms with E-state index in [9.17, 15) is 0 Å². The fourth-order valence-electron chi connectivity index (χ4n) is 1.87. The molecule has 0 saturated carbocycles. The summed E-state index contributed by atoms with van der Waals surface area (Å²) in [6, 6.07) is 0. The maximum atomic E-state index is 5.70. The molecule has 1 aliphatic rings. The normalized spacial score (nSPS) is 22.9. The second-order valence-electron chi connectivity index (χ2n) is 4.15. The molecule has 0 aliphatic carbocycles. The maximum Gasteiger partial charge on any atom is 0.0701 e. The minimum Gasteiger partial charge on any atom is -0.377 e. The Morgan fingerprint density at radius 2 is 2.21 bits per heavy atom. The topological polar surface area (TPSA) is 12.5 Å². The molecular weight excluding hydrogens is 242 g/mol. The molecule has 0 amide bonds. The van der Waals surface area contributed by atoms with Crippen molar-refractivity contribution in [3.8, 4) is 0 Å². The van der Waals surface area contributed by atoms with Gasteiger partial charge in [0.05, 0.1) is 6.10 Å². The molecule has 1 atom stereocenters. The van der Waals surface area contributed by atoms with Gasteiger partial charge in [0.15, 0.2) is 0 Å². The summed E-state index contributed by atoms with van der Waals surface area (Å²) in [4.78, 5) is 2.40. The highest BCUT2D eigenvalue weighted by Crippen LogP contribution is 2.13. The van der Waals surface area contributed by atoms with Gasteiger partial charge < -0.3 is 9.64 Å². The molecule has 0 bridgehead atoms. The van der Waals surface area contributed by atoms with Crippen molar-refractivity contribution >= 4 is 15.9 Å². The van der Waals surface area contributed by atoms with E-state index in [2.05, 4.69) is 27.9 Å². The Balaban J connectivity index is 2.03. The highest BCUT2D eigenvalue weighted by molar-refractivity contribution is 9.09. The lowest BCUT2D eigenvalue weighted by Gasteiger charge is -2.27. The van der Waals surface area contributed by atoms with E-state index in [-0.39, 0.29) is 0 Å². The number of hydrogen-bond acceptors (Lipinski definition) is 2. The molecular formula is C11H22BrNO. The van der Waals surface area contributed by atoms with Gasteiger partial charge in [0.1, 0.15) is 0 Å². The summed E-state index contributed by atoms with van der Waals surface area (Å²) in [6.07, 6.45) is 6.91. The number of rotatable bonds is 6. The van der Waals surface area contributed by atoms with Crippen LogP contribution in [0.4, 0.5) is 0 Å². The number of unbranched alkanes of at least 4 members (excludes halogenated alkanes) is 1. The molecule has 14 heavy (non-hydrogen) atoms. The average molecular weight is 264 g/mol. The predicted octanol–water partition coefficient (Wildman–Crippen LogP) is 2.66. The van der Waals surface area contributed by atoms with Crippen molar-refractivity contribution < 1.29 is 4.74 Å². The summed E-state index contributed by atoms with van der Waals surface area (Å²) in [5, 5.41) is 1.13. The Kier molecular flexibility index (Phi) is 6.82. The molecule has 1 unspecified atom stereocenters. The van der Waals surface area contributed by atoms with Gasteiger partial charge in [-0.15, -0.1) is 0 Å². The fraction of sp³-hybridized carbons (Fsp3) is 1.00. The van der Waals surface area contributed by atoms with Crippen molar-refractivity contribution in [1.29, 1.82) is 0 Å². The van der Waals surface area contributed by atoms with Gasteiger partial charge in [-0.25, -0.2) is 0 Å². The van der Waals surface area contributed by atoms with Crippen LogP contribution in [0.2, 0.25) is 0 Å². The smallest absolute Gasteiger partial charge is 0.0701 e. The van der Waals surface area contributed by atoms with E-state index >= 15 is 0 Å². The lowest BCUT2D eigenvalue weighted by Crippen LogP contribution is -2.33. The lowest BCUT2D eigenvalue weighted by molar-refractivity contribution is -0.00154. The Labute approximate surface area is 96.1 Å². The van der Waals surface area contributed by atoms with Crippen LogP contribution in [-0.2, 0) is 4.74 Å². The van der Waals surface area contributed by atoms with Crippen molar-refractivity contribution in [2.75, 3.05) is 32.1 Å². The minimum atomic E-state index is 0.498. The highest BCUT2D eigenvalue weighted by Gasteiger charge is 2.15. The minimum absolute atomic E-state index is 0.498. The first-order valence-corrected chi connectivity index (χ1v) is 6.81. The van der Waals surface area contributed by atoms with Gasteiger partial charge in [0.25, 0.3) is 0 Å². The summed E-state index contributed by atoms with van der Waals surface area (Å²) < 4.78 is 5.70. The van der Waals surface area contributed by atoms with Crippen LogP contribution in [0.15, 0.2) is 0 Å². The molecule has 3 heteroatoms. The van der Waals surface area contributed by atoms with Crippen molar-refractivity contribution in [2.24, 2.45) is 0 Å². The first kappa shape index (κ1) is 12.5. The van der Waals surface area contributed by atoms with E-state index in [4.69, 9.17) is 4.74 Å². The van der Waals surface area contributed by atoms with Gasteiger partial charge in [-0.1, -0.05) is 15.9 Å². The molecule has 84 valence electrons. The Morgan fingerprint density at radius 3 is 2.86 bits per heavy atom. The molecule has 2 nitrogen and oxygen atoms in total. The number of hydrogen-bond donors (Lipinski definition) is 0. The number of nitrogens with zero attached hydrogens (tertiary/aromatic N) is 1. The van der Waals surface area contributed by atoms with Gasteiger partial charge in [0.2, 0.25) is 0 Å². The Morgan fingerprint density at radius 1 is 1.36 bits per heavy atom. The van der Waals surface area contributed by atoms with Crippen LogP contribution in [0, 0.1) is 0 Å². The summed E-state index contributed by atoms with van der Waals surface area (Å²) in [5.74, 6) is 0. The summed E-state index contributed by atoms with van der Waals surface area (Å²) in [7, 11) is 2.20. The molecule has 0 N–H and O–H groups in total. The molecule has 1 heterocycles. The predicted molar refractivity (Wildman–Crippen MR) is 64.1 cm³/mol. The van der Waals surface area contributed by atoms with E-state index in [0.717, 1.165) is 18.5 Å². The molecule has 1 rings (SSSR count). The number of halogens is 1. The van der Waals surface area contributed by atoms with E-state index in [1.165, 1.54) is 38.6 Å². The van der Waals surface area contributed by atoms with E-state index < -0.39 is 0 Å². The largest absolute Gasteiger partial charge is 0.377 e. The molecule has 0 aromatic heterocycles. The van der Waals surface area contributed by atoms with Crippen LogP contribution in [-0.4, -0.2) is 43.1 Å². The lowest BCUT2D eigenvalue weighted by atomic mass is 10.1. The van der Waals surface area contributed by atoms with Crippen molar-refractivity contribution in [3.63, 3.8) is 0 Å². The SMILES string of the molecule is CN(CCCCBr)CC1CCCCO1. The van der Waals surface area contributed by atoms with Gasteiger partial charge in [-0.2, -0.15) is 0 Å². The average Bonchev–Trinajstić information content (AvgIpc) is 2.20. The van der Waals surface area contributed by atoms with Crippen LogP contribution in [0.1, 0.15) is 32.1 Å². The van der Waals surface area contributed by atoms with E-state index in [1.54, 1.807) is 0 Å². The number of alkyl halides is 1. The summed E-state index contributed by atoms with van der Waals surface area (Å²) >= 11 is 3.45. The Hall–Kier alpha value is 0.400. The third-order valence-corrected chi connectivity index (χ3v) is 3.27. The first-order valence-electron chi connectivity index (χ1n) is 5.69. The number of likely N-dealkylation sites (N-methyl/N-ethyl adjacent to an activating group) is 1. The quantitative estimate of drug-likeness (QED) is 0.540. The first-order chi connectivity index (χ1) is 6.83. The van der Waals surface area contributed by atoms with Gasteiger partial charge in [-0.3, -0.25) is 0 Å². The maximum absolute atomic E-state index is 5.70. The second-order valence-corrected chi connectivity index (χ2v) is 4.94. The van der Waals surface area contributed by atoms with Crippen molar-refractivity contribution in [2.45, 2.75) is 38.2 Å². The van der Waals surface area contributed by atoms with Gasteiger partial charge in [-0.05, 0) is 45.7 Å². The van der Waals surface area contributed by atoms with Crippen LogP contribution < -0.4 is 0 Å². The molecule has 1 fully saturated rings. The molecule has 1 saturated heterocycles. The Bertz CT molecular complexity index is 137. The van der Waals surface area contributed by atoms with Crippen LogP contribution in [0.5, 0.6) is 0 Å². The zero-order valence-corrected chi connectivity index (χ0v) is 10.8. The van der Waals surface area contributed by atoms with E-state index in [0.29, 0.717) is 6.10 Å². The van der Waals surface area contributed by atoms with Gasteiger partial charge >= 0.3 is 0 Å². The van der Waals surface area contributed by atoms with Crippen LogP contribution in [0.25, 0.3) is 0 Å². The highest BCUT2D eigenvalue weighted by atomic mass is 79.9. The third-order valence-electron chi connectivity index (χ3n) is 2.71. The number of ether oxygens (including phenoxy) is 1. The second kappa shape index (κ2) is 7.66. The molecule has 0 radical (unpaired) electrons. The van der Waals surface area contributed by atoms with Gasteiger partial charge in [0, 0.05) is 18.5 Å². The zero-order chi connectivity index (χ0) is 10.2. The summed E-state index contributed by atoms with van der Waals surface area (Å²) in [5.41, 5.74) is 0. The van der Waals surface area contributed by atoms with Crippen molar-refractivity contribution in [1.82, 2.24) is 4.90 Å². The zero-order valence-electron chi connectivity index (χ0n) is 9.17. The standard InChI is InChI=1S/C11H22BrNO/c1-13(8-4-3-7-12)10-11-6-2-5-9-14-11/h11H,2-10H2,1H3. The van der Waals surface area contributed by atoms with Crippen molar-refractivity contribution in [3.05, 3.63) is 0 Å². The summed E-state index contributed by atoms with van der Waals surface area (Å²) in [6.45, 7) is 3.29. The molecule has 0 spiro atoms. The molecule has 0 aromatic carbocycles. The molecule has 0 aromatic rings.